The molecule has 0 unspecified atom stereocenters. The van der Waals surface area contributed by atoms with E-state index >= 15 is 0 Å². The second-order valence-corrected chi connectivity index (χ2v) is 3.34. The summed E-state index contributed by atoms with van der Waals surface area (Å²) in [5, 5.41) is 36.9. The molecule has 5 atom stereocenters. The Kier molecular flexibility index (Phi) is 4.00. The van der Waals surface area contributed by atoms with Crippen LogP contribution in [0, 0.1) is 0 Å². The maximum absolute atomic E-state index is 10.5. The summed E-state index contributed by atoms with van der Waals surface area (Å²) < 4.78 is 9.31. The standard InChI is InChI=1S/C8H14O7/c1-3(9)14-2-4-5(10)6(11)7(12)8(13)15-4/h4-8,10-13H,2H2,1H3/t4-,5+,6+,7+,8-/m0/s1. The zero-order chi connectivity index (χ0) is 11.6. The van der Waals surface area contributed by atoms with Gasteiger partial charge in [0, 0.05) is 6.92 Å². The molecule has 0 aromatic rings. The van der Waals surface area contributed by atoms with Crippen molar-refractivity contribution in [1.82, 2.24) is 0 Å². The molecule has 0 aliphatic carbocycles. The zero-order valence-corrected chi connectivity index (χ0v) is 8.11. The molecule has 88 valence electrons. The molecule has 4 N–H and O–H groups in total. The van der Waals surface area contributed by atoms with Gasteiger partial charge in [-0.2, -0.15) is 0 Å². The molecule has 1 fully saturated rings. The van der Waals surface area contributed by atoms with Crippen molar-refractivity contribution in [2.45, 2.75) is 37.6 Å². The minimum absolute atomic E-state index is 0.294. The molecular formula is C8H14O7. The van der Waals surface area contributed by atoms with Gasteiger partial charge in [-0.3, -0.25) is 4.79 Å². The van der Waals surface area contributed by atoms with Crippen molar-refractivity contribution in [3.63, 3.8) is 0 Å². The van der Waals surface area contributed by atoms with Gasteiger partial charge >= 0.3 is 5.97 Å². The summed E-state index contributed by atoms with van der Waals surface area (Å²) in [5.41, 5.74) is 0. The van der Waals surface area contributed by atoms with Gasteiger partial charge in [-0.25, -0.2) is 0 Å². The third-order valence-electron chi connectivity index (χ3n) is 2.14. The molecule has 0 saturated carbocycles. The van der Waals surface area contributed by atoms with Gasteiger partial charge in [-0.1, -0.05) is 0 Å². The molecule has 0 amide bonds. The maximum Gasteiger partial charge on any atom is 0.302 e. The van der Waals surface area contributed by atoms with E-state index in [1.807, 2.05) is 0 Å². The van der Waals surface area contributed by atoms with Gasteiger partial charge in [-0.15, -0.1) is 0 Å². The molecular weight excluding hydrogens is 208 g/mol. The predicted molar refractivity (Wildman–Crippen MR) is 45.5 cm³/mol. The summed E-state index contributed by atoms with van der Waals surface area (Å²) in [6.07, 6.45) is -7.18. The van der Waals surface area contributed by atoms with E-state index < -0.39 is 36.7 Å². The molecule has 0 aromatic carbocycles. The lowest BCUT2D eigenvalue weighted by Gasteiger charge is -2.37. The monoisotopic (exact) mass is 222 g/mol. The lowest BCUT2D eigenvalue weighted by Crippen LogP contribution is -2.58. The fraction of sp³-hybridized carbons (Fsp3) is 0.875. The summed E-state index contributed by atoms with van der Waals surface area (Å²) in [6.45, 7) is 0.883. The molecule has 0 bridgehead atoms. The Bertz CT molecular complexity index is 231. The van der Waals surface area contributed by atoms with E-state index in [0.717, 1.165) is 0 Å². The molecule has 0 spiro atoms. The molecule has 7 heteroatoms. The normalized spacial score (nSPS) is 41.3. The topological polar surface area (TPSA) is 116 Å². The lowest BCUT2D eigenvalue weighted by molar-refractivity contribution is -0.287. The van der Waals surface area contributed by atoms with Crippen LogP contribution in [-0.2, 0) is 14.3 Å². The Balaban J connectivity index is 2.54. The summed E-state index contributed by atoms with van der Waals surface area (Å²) >= 11 is 0. The molecule has 1 rings (SSSR count). The van der Waals surface area contributed by atoms with Crippen LogP contribution in [-0.4, -0.2) is 63.7 Å². The van der Waals surface area contributed by atoms with Crippen molar-refractivity contribution in [2.75, 3.05) is 6.61 Å². The fourth-order valence-corrected chi connectivity index (χ4v) is 1.27. The quantitative estimate of drug-likeness (QED) is 0.377. The van der Waals surface area contributed by atoms with Crippen LogP contribution in [0.25, 0.3) is 0 Å². The summed E-state index contributed by atoms with van der Waals surface area (Å²) in [7, 11) is 0. The smallest absolute Gasteiger partial charge is 0.302 e. The van der Waals surface area contributed by atoms with Gasteiger partial charge < -0.3 is 29.9 Å². The highest BCUT2D eigenvalue weighted by atomic mass is 16.6. The van der Waals surface area contributed by atoms with E-state index in [-0.39, 0.29) is 6.61 Å². The lowest BCUT2D eigenvalue weighted by atomic mass is 9.99. The Hall–Kier alpha value is -0.730. The first kappa shape index (κ1) is 12.3. The van der Waals surface area contributed by atoms with E-state index in [0.29, 0.717) is 0 Å². The number of ether oxygens (including phenoxy) is 2. The second kappa shape index (κ2) is 4.86. The largest absolute Gasteiger partial charge is 0.463 e. The van der Waals surface area contributed by atoms with Gasteiger partial charge in [0.1, 0.15) is 31.0 Å². The molecule has 1 aliphatic rings. The molecule has 7 nitrogen and oxygen atoms in total. The average Bonchev–Trinajstić information content (AvgIpc) is 2.18. The Morgan fingerprint density at radius 3 is 2.33 bits per heavy atom. The minimum atomic E-state index is -1.61. The Labute approximate surface area is 85.9 Å². The zero-order valence-electron chi connectivity index (χ0n) is 8.11. The first-order valence-corrected chi connectivity index (χ1v) is 4.44. The Morgan fingerprint density at radius 1 is 1.20 bits per heavy atom. The third kappa shape index (κ3) is 2.86. The van der Waals surface area contributed by atoms with Crippen molar-refractivity contribution >= 4 is 5.97 Å². The molecule has 1 heterocycles. The number of esters is 1. The van der Waals surface area contributed by atoms with Gasteiger partial charge in [0.05, 0.1) is 0 Å². The SMILES string of the molecule is CC(=O)OC[C@@H]1O[C@H](O)[C@H](O)[C@H](O)[C@@H]1O. The van der Waals surface area contributed by atoms with Crippen LogP contribution in [0.3, 0.4) is 0 Å². The summed E-state index contributed by atoms with van der Waals surface area (Å²) in [4.78, 5) is 10.5. The molecule has 1 aliphatic heterocycles. The van der Waals surface area contributed by atoms with E-state index in [2.05, 4.69) is 4.74 Å². The summed E-state index contributed by atoms with van der Waals surface area (Å²) in [6, 6.07) is 0. The van der Waals surface area contributed by atoms with Crippen LogP contribution in [0.15, 0.2) is 0 Å². The number of hydrogen-bond donors (Lipinski definition) is 4. The highest BCUT2D eigenvalue weighted by Gasteiger charge is 2.43. The van der Waals surface area contributed by atoms with Crippen LogP contribution in [0.4, 0.5) is 0 Å². The number of aliphatic hydroxyl groups is 4. The van der Waals surface area contributed by atoms with Gasteiger partial charge in [0.25, 0.3) is 0 Å². The fourth-order valence-electron chi connectivity index (χ4n) is 1.27. The van der Waals surface area contributed by atoms with E-state index in [1.165, 1.54) is 6.92 Å². The number of hydrogen-bond acceptors (Lipinski definition) is 7. The number of carbonyl (C=O) groups excluding carboxylic acids is 1. The van der Waals surface area contributed by atoms with E-state index in [1.54, 1.807) is 0 Å². The molecule has 0 aromatic heterocycles. The van der Waals surface area contributed by atoms with E-state index in [4.69, 9.17) is 14.9 Å². The van der Waals surface area contributed by atoms with Crippen LogP contribution in [0.5, 0.6) is 0 Å². The Morgan fingerprint density at radius 2 is 1.80 bits per heavy atom. The minimum Gasteiger partial charge on any atom is -0.463 e. The molecule has 0 radical (unpaired) electrons. The van der Waals surface area contributed by atoms with Gasteiger partial charge in [0.15, 0.2) is 6.29 Å². The van der Waals surface area contributed by atoms with Crippen molar-refractivity contribution in [2.24, 2.45) is 0 Å². The van der Waals surface area contributed by atoms with Crippen molar-refractivity contribution in [3.8, 4) is 0 Å². The highest BCUT2D eigenvalue weighted by Crippen LogP contribution is 2.19. The third-order valence-corrected chi connectivity index (χ3v) is 2.14. The van der Waals surface area contributed by atoms with Gasteiger partial charge in [-0.05, 0) is 0 Å². The first-order valence-electron chi connectivity index (χ1n) is 4.44. The number of carbonyl (C=O) groups is 1. The van der Waals surface area contributed by atoms with Crippen molar-refractivity contribution in [3.05, 3.63) is 0 Å². The van der Waals surface area contributed by atoms with Crippen LogP contribution >= 0.6 is 0 Å². The van der Waals surface area contributed by atoms with Gasteiger partial charge in [0.2, 0.25) is 0 Å². The van der Waals surface area contributed by atoms with Crippen molar-refractivity contribution < 1.29 is 34.7 Å². The van der Waals surface area contributed by atoms with E-state index in [9.17, 15) is 15.0 Å². The van der Waals surface area contributed by atoms with Crippen LogP contribution < -0.4 is 0 Å². The predicted octanol–water partition coefficient (Wildman–Crippen LogP) is -2.65. The second-order valence-electron chi connectivity index (χ2n) is 3.34. The molecule has 15 heavy (non-hydrogen) atoms. The molecule has 1 saturated heterocycles. The van der Waals surface area contributed by atoms with Crippen LogP contribution in [0.2, 0.25) is 0 Å². The highest BCUT2D eigenvalue weighted by molar-refractivity contribution is 5.65. The first-order chi connectivity index (χ1) is 6.93. The number of rotatable bonds is 2. The average molecular weight is 222 g/mol. The maximum atomic E-state index is 10.5. The van der Waals surface area contributed by atoms with Crippen LogP contribution in [0.1, 0.15) is 6.92 Å². The van der Waals surface area contributed by atoms with Crippen molar-refractivity contribution in [1.29, 1.82) is 0 Å². The summed E-state index contributed by atoms with van der Waals surface area (Å²) in [5.74, 6) is -0.569. The number of aliphatic hydroxyl groups excluding tert-OH is 4.